The second-order valence-corrected chi connectivity index (χ2v) is 5.76. The predicted molar refractivity (Wildman–Crippen MR) is 90.2 cm³/mol. The molecule has 0 spiro atoms. The van der Waals surface area contributed by atoms with Gasteiger partial charge in [0.25, 0.3) is 0 Å². The quantitative estimate of drug-likeness (QED) is 0.312. The minimum atomic E-state index is -0.701. The predicted octanol–water partition coefficient (Wildman–Crippen LogP) is 3.10. The maximum atomic E-state index is 13.3. The number of ether oxygens (including phenoxy) is 1. The molecule has 5 nitrogen and oxygen atoms in total. The minimum Gasteiger partial charge on any atom is -0.369 e. The lowest BCUT2D eigenvalue weighted by Gasteiger charge is -2.17. The molecule has 1 aromatic heterocycles. The summed E-state index contributed by atoms with van der Waals surface area (Å²) in [4.78, 5) is 4.08. The molecule has 1 aliphatic heterocycles. The van der Waals surface area contributed by atoms with Crippen molar-refractivity contribution in [3.05, 3.63) is 77.1 Å². The van der Waals surface area contributed by atoms with Crippen molar-refractivity contribution in [2.24, 2.45) is 0 Å². The van der Waals surface area contributed by atoms with Crippen molar-refractivity contribution >= 4 is 17.9 Å². The summed E-state index contributed by atoms with van der Waals surface area (Å²) in [6.07, 6.45) is 2.34. The van der Waals surface area contributed by atoms with E-state index in [-0.39, 0.29) is 11.9 Å². The first-order valence-corrected chi connectivity index (χ1v) is 7.67. The average Bonchev–Trinajstić information content (AvgIpc) is 3.30. The Balaban J connectivity index is 1.89. The second kappa shape index (κ2) is 6.59. The van der Waals surface area contributed by atoms with Crippen LogP contribution in [-0.4, -0.2) is 17.9 Å². The van der Waals surface area contributed by atoms with Gasteiger partial charge in [0.05, 0.1) is 18.7 Å². The molecule has 0 unspecified atom stereocenters. The van der Waals surface area contributed by atoms with Crippen LogP contribution in [-0.2, 0) is 10.3 Å². The summed E-state index contributed by atoms with van der Waals surface area (Å²) in [6, 6.07) is 9.82. The molecule has 1 aliphatic rings. The molecule has 1 saturated heterocycles. The Labute approximate surface area is 144 Å². The molecule has 2 heterocycles. The van der Waals surface area contributed by atoms with Crippen LogP contribution in [0.15, 0.2) is 55.0 Å². The summed E-state index contributed by atoms with van der Waals surface area (Å²) in [6.45, 7) is 4.15. The summed E-state index contributed by atoms with van der Waals surface area (Å²) in [5, 5.41) is 13.1. The lowest BCUT2D eigenvalue weighted by atomic mass is 9.92. The fraction of sp³-hybridized carbons (Fsp3) is 0.176. The highest BCUT2D eigenvalue weighted by Gasteiger charge is 2.59. The van der Waals surface area contributed by atoms with Crippen molar-refractivity contribution in [3.8, 4) is 0 Å². The third-order valence-electron chi connectivity index (χ3n) is 3.91. The Kier molecular flexibility index (Phi) is 4.51. The molecule has 0 amide bonds. The minimum absolute atomic E-state index is 0.301. The van der Waals surface area contributed by atoms with E-state index in [0.29, 0.717) is 17.5 Å². The van der Waals surface area contributed by atoms with Crippen molar-refractivity contribution in [2.75, 3.05) is 6.54 Å². The molecule has 124 valence electrons. The zero-order valence-corrected chi connectivity index (χ0v) is 13.5. The highest BCUT2D eigenvalue weighted by molar-refractivity contribution is 6.30. The van der Waals surface area contributed by atoms with Crippen LogP contribution in [0, 0.1) is 11.2 Å². The summed E-state index contributed by atoms with van der Waals surface area (Å²) in [5.41, 5.74) is 0.896. The number of benzene rings is 1. The van der Waals surface area contributed by atoms with Crippen molar-refractivity contribution in [1.82, 2.24) is 15.6 Å². The van der Waals surface area contributed by atoms with E-state index in [0.717, 1.165) is 17.5 Å². The van der Waals surface area contributed by atoms with Gasteiger partial charge in [0, 0.05) is 11.8 Å². The van der Waals surface area contributed by atoms with Gasteiger partial charge in [-0.2, -0.15) is 0 Å². The summed E-state index contributed by atoms with van der Waals surface area (Å²) < 4.78 is 19.2. The smallest absolute Gasteiger partial charge is 0.142 e. The van der Waals surface area contributed by atoms with Crippen LogP contribution in [0.3, 0.4) is 0 Å². The molecule has 3 N–H and O–H groups in total. The van der Waals surface area contributed by atoms with Gasteiger partial charge in [-0.15, -0.1) is 0 Å². The highest BCUT2D eigenvalue weighted by Crippen LogP contribution is 2.57. The maximum absolute atomic E-state index is 13.3. The molecule has 0 saturated carbocycles. The largest absolute Gasteiger partial charge is 0.369 e. The first-order valence-electron chi connectivity index (χ1n) is 7.29. The number of aromatic nitrogens is 1. The normalized spacial score (nSPS) is 21.8. The maximum Gasteiger partial charge on any atom is 0.142 e. The summed E-state index contributed by atoms with van der Waals surface area (Å²) >= 11 is 6.18. The average molecular weight is 347 g/mol. The van der Waals surface area contributed by atoms with Crippen LogP contribution in [0.1, 0.15) is 17.2 Å². The SMILES string of the molecule is C=C(NC=N)NC[C@]1(c2ccc(F)cc2)O[C@@H]1c1cccnc1Cl. The highest BCUT2D eigenvalue weighted by atomic mass is 35.5. The number of nitrogens with zero attached hydrogens (tertiary/aromatic N) is 1. The molecule has 1 aromatic carbocycles. The van der Waals surface area contributed by atoms with E-state index < -0.39 is 5.60 Å². The zero-order valence-electron chi connectivity index (χ0n) is 12.7. The van der Waals surface area contributed by atoms with Crippen LogP contribution in [0.25, 0.3) is 0 Å². The third-order valence-corrected chi connectivity index (χ3v) is 4.22. The van der Waals surface area contributed by atoms with Gasteiger partial charge in [-0.1, -0.05) is 36.4 Å². The molecule has 3 rings (SSSR count). The van der Waals surface area contributed by atoms with E-state index in [1.165, 1.54) is 12.1 Å². The van der Waals surface area contributed by atoms with E-state index in [1.54, 1.807) is 24.4 Å². The number of epoxide rings is 1. The first kappa shape index (κ1) is 16.4. The molecule has 7 heteroatoms. The Morgan fingerprint density at radius 2 is 2.17 bits per heavy atom. The van der Waals surface area contributed by atoms with Gasteiger partial charge >= 0.3 is 0 Å². The Morgan fingerprint density at radius 1 is 1.42 bits per heavy atom. The number of hydrogen-bond acceptors (Lipinski definition) is 4. The van der Waals surface area contributed by atoms with Crippen LogP contribution in [0.4, 0.5) is 4.39 Å². The van der Waals surface area contributed by atoms with Gasteiger partial charge in [0.2, 0.25) is 0 Å². The number of nitrogens with one attached hydrogen (secondary N) is 3. The zero-order chi connectivity index (χ0) is 17.2. The second-order valence-electron chi connectivity index (χ2n) is 5.40. The van der Waals surface area contributed by atoms with Gasteiger partial charge in [0.1, 0.15) is 22.7 Å². The number of halogens is 2. The molecule has 0 radical (unpaired) electrons. The molecule has 2 aromatic rings. The van der Waals surface area contributed by atoms with Crippen LogP contribution in [0.2, 0.25) is 5.15 Å². The number of rotatable bonds is 7. The molecular weight excluding hydrogens is 331 g/mol. The van der Waals surface area contributed by atoms with Gasteiger partial charge in [-0.05, 0) is 23.8 Å². The van der Waals surface area contributed by atoms with E-state index in [2.05, 4.69) is 22.2 Å². The Morgan fingerprint density at radius 3 is 2.83 bits per heavy atom. The van der Waals surface area contributed by atoms with Crippen molar-refractivity contribution in [1.29, 1.82) is 5.41 Å². The third kappa shape index (κ3) is 3.11. The standard InChI is InChI=1S/C17H16ClFN4O/c1-11(23-10-20)22-9-17(12-4-6-13(19)7-5-12)15(24-17)14-3-2-8-21-16(14)18/h2-8,10,15,22H,1,9H2,(H2,20,23)/t15-,17-/m1/s1. The summed E-state index contributed by atoms with van der Waals surface area (Å²) in [5.74, 6) is 0.159. The Hall–Kier alpha value is -2.44. The fourth-order valence-electron chi connectivity index (χ4n) is 2.65. The van der Waals surface area contributed by atoms with Crippen LogP contribution in [0.5, 0.6) is 0 Å². The molecule has 24 heavy (non-hydrogen) atoms. The monoisotopic (exact) mass is 346 g/mol. The van der Waals surface area contributed by atoms with Crippen molar-refractivity contribution in [3.63, 3.8) is 0 Å². The first-order chi connectivity index (χ1) is 11.6. The van der Waals surface area contributed by atoms with Crippen molar-refractivity contribution in [2.45, 2.75) is 11.7 Å². The lowest BCUT2D eigenvalue weighted by molar-refractivity contribution is 0.291. The van der Waals surface area contributed by atoms with Crippen LogP contribution >= 0.6 is 11.6 Å². The summed E-state index contributed by atoms with van der Waals surface area (Å²) in [7, 11) is 0. The van der Waals surface area contributed by atoms with Gasteiger partial charge in [-0.25, -0.2) is 9.37 Å². The van der Waals surface area contributed by atoms with Gasteiger partial charge in [-0.3, -0.25) is 5.41 Å². The molecule has 0 aliphatic carbocycles. The van der Waals surface area contributed by atoms with Gasteiger partial charge < -0.3 is 15.4 Å². The lowest BCUT2D eigenvalue weighted by Crippen LogP contribution is -2.32. The van der Waals surface area contributed by atoms with E-state index in [1.807, 2.05) is 6.07 Å². The number of hydrogen-bond donors (Lipinski definition) is 3. The van der Waals surface area contributed by atoms with Crippen LogP contribution < -0.4 is 10.6 Å². The molecule has 1 fully saturated rings. The molecule has 2 atom stereocenters. The van der Waals surface area contributed by atoms with E-state index in [9.17, 15) is 4.39 Å². The topological polar surface area (TPSA) is 73.3 Å². The van der Waals surface area contributed by atoms with E-state index >= 15 is 0 Å². The number of pyridine rings is 1. The molecule has 0 bridgehead atoms. The van der Waals surface area contributed by atoms with Crippen molar-refractivity contribution < 1.29 is 9.13 Å². The fourth-order valence-corrected chi connectivity index (χ4v) is 2.87. The van der Waals surface area contributed by atoms with E-state index in [4.69, 9.17) is 21.7 Å². The molecular formula is C17H16ClFN4O. The van der Waals surface area contributed by atoms with Gasteiger partial charge in [0.15, 0.2) is 0 Å². The Bertz CT molecular complexity index is 767.